The van der Waals surface area contributed by atoms with Crippen LogP contribution in [0.1, 0.15) is 0 Å². The number of fused-ring (bicyclic) bond motifs is 1. The van der Waals surface area contributed by atoms with Gasteiger partial charge in [0.25, 0.3) is 0 Å². The van der Waals surface area contributed by atoms with Gasteiger partial charge >= 0.3 is 0 Å². The quantitative estimate of drug-likeness (QED) is 0.736. The van der Waals surface area contributed by atoms with E-state index >= 15 is 0 Å². The first-order valence-corrected chi connectivity index (χ1v) is 5.16. The van der Waals surface area contributed by atoms with Crippen LogP contribution in [-0.4, -0.2) is 11.6 Å². The first kappa shape index (κ1) is 9.24. The molecule has 0 saturated carbocycles. The monoisotopic (exact) mass is 277 g/mol. The highest BCUT2D eigenvalue weighted by atomic mass is 79.9. The molecule has 0 amide bonds. The summed E-state index contributed by atoms with van der Waals surface area (Å²) in [5, 5.41) is 3.68. The summed E-state index contributed by atoms with van der Waals surface area (Å²) in [6, 6.07) is 3.57. The first-order valence-electron chi connectivity index (χ1n) is 3.58. The van der Waals surface area contributed by atoms with E-state index in [0.717, 1.165) is 15.9 Å². The maximum atomic E-state index is 5.86. The molecular formula is C8H5BrClNOS. The minimum absolute atomic E-state index is 0.419. The molecule has 0 fully saturated rings. The number of thiocarbonyl (C=S) groups is 1. The largest absolute Gasteiger partial charge is 0.483 e. The smallest absolute Gasteiger partial charge is 0.157 e. The van der Waals surface area contributed by atoms with Crippen molar-refractivity contribution >= 4 is 50.4 Å². The van der Waals surface area contributed by atoms with Crippen LogP contribution in [0.4, 0.5) is 5.69 Å². The standard InChI is InChI=1S/C8H5BrClNOS/c9-5-1-4(10)2-6-8(5)12-3-7(13)11-6/h1-2H,3H2,(H,11,13). The Kier molecular flexibility index (Phi) is 2.45. The third kappa shape index (κ3) is 1.80. The van der Waals surface area contributed by atoms with Crippen LogP contribution >= 0.6 is 39.7 Å². The molecule has 0 spiro atoms. The lowest BCUT2D eigenvalue weighted by Gasteiger charge is -2.20. The van der Waals surface area contributed by atoms with Crippen LogP contribution in [0.25, 0.3) is 0 Å². The maximum absolute atomic E-state index is 5.86. The molecule has 2 rings (SSSR count). The Morgan fingerprint density at radius 3 is 3.08 bits per heavy atom. The second-order valence-corrected chi connectivity index (χ2v) is 4.38. The lowest BCUT2D eigenvalue weighted by molar-refractivity contribution is 0.372. The molecule has 0 saturated heterocycles. The van der Waals surface area contributed by atoms with Gasteiger partial charge in [-0.2, -0.15) is 0 Å². The number of anilines is 1. The average Bonchev–Trinajstić information content (AvgIpc) is 2.02. The summed E-state index contributed by atoms with van der Waals surface area (Å²) in [7, 11) is 0. The summed E-state index contributed by atoms with van der Waals surface area (Å²) in [5.74, 6) is 0.762. The molecule has 0 bridgehead atoms. The molecule has 0 aliphatic carbocycles. The molecule has 1 aliphatic heterocycles. The van der Waals surface area contributed by atoms with Crippen LogP contribution in [0, 0.1) is 0 Å². The molecule has 68 valence electrons. The van der Waals surface area contributed by atoms with Crippen LogP contribution in [-0.2, 0) is 0 Å². The molecule has 1 aromatic carbocycles. The Bertz CT molecular complexity index is 383. The van der Waals surface area contributed by atoms with E-state index in [2.05, 4.69) is 21.2 Å². The molecule has 0 unspecified atom stereocenters. The lowest BCUT2D eigenvalue weighted by Crippen LogP contribution is -2.23. The van der Waals surface area contributed by atoms with Crippen molar-refractivity contribution in [3.8, 4) is 5.75 Å². The summed E-state index contributed by atoms with van der Waals surface area (Å²) in [6.07, 6.45) is 0. The van der Waals surface area contributed by atoms with E-state index < -0.39 is 0 Å². The fourth-order valence-corrected chi connectivity index (χ4v) is 2.22. The van der Waals surface area contributed by atoms with Crippen molar-refractivity contribution in [2.75, 3.05) is 11.9 Å². The summed E-state index contributed by atoms with van der Waals surface area (Å²) in [6.45, 7) is 0.419. The maximum Gasteiger partial charge on any atom is 0.157 e. The van der Waals surface area contributed by atoms with E-state index in [1.807, 2.05) is 0 Å². The van der Waals surface area contributed by atoms with Crippen LogP contribution in [0.2, 0.25) is 5.02 Å². The zero-order valence-corrected chi connectivity index (χ0v) is 9.59. The SMILES string of the molecule is S=C1COc2c(Br)cc(Cl)cc2N1. The molecule has 1 heterocycles. The van der Waals surface area contributed by atoms with Crippen LogP contribution in [0.15, 0.2) is 16.6 Å². The highest BCUT2D eigenvalue weighted by Crippen LogP contribution is 2.38. The molecule has 5 heteroatoms. The Balaban J connectivity index is 2.53. The van der Waals surface area contributed by atoms with Gasteiger partial charge in [0, 0.05) is 5.02 Å². The Labute approximate surface area is 94.3 Å². The number of rotatable bonds is 0. The third-order valence-corrected chi connectivity index (χ3v) is 2.66. The number of hydrogen-bond donors (Lipinski definition) is 1. The number of nitrogens with one attached hydrogen (secondary N) is 1. The fraction of sp³-hybridized carbons (Fsp3) is 0.125. The van der Waals surface area contributed by atoms with Crippen LogP contribution in [0.5, 0.6) is 5.75 Å². The normalized spacial score (nSPS) is 14.5. The predicted molar refractivity (Wildman–Crippen MR) is 60.9 cm³/mol. The summed E-state index contributed by atoms with van der Waals surface area (Å²) in [4.78, 5) is 0.668. The number of hydrogen-bond acceptors (Lipinski definition) is 2. The van der Waals surface area contributed by atoms with Gasteiger partial charge in [0.15, 0.2) is 5.75 Å². The molecule has 13 heavy (non-hydrogen) atoms. The van der Waals surface area contributed by atoms with Crippen molar-refractivity contribution in [3.05, 3.63) is 21.6 Å². The highest BCUT2D eigenvalue weighted by molar-refractivity contribution is 9.10. The second-order valence-electron chi connectivity index (χ2n) is 2.60. The van der Waals surface area contributed by atoms with Crippen molar-refractivity contribution < 1.29 is 4.74 Å². The number of halogens is 2. The molecule has 0 atom stereocenters. The van der Waals surface area contributed by atoms with Gasteiger partial charge in [-0.05, 0) is 28.1 Å². The first-order chi connectivity index (χ1) is 6.16. The van der Waals surface area contributed by atoms with E-state index in [9.17, 15) is 0 Å². The summed E-state index contributed by atoms with van der Waals surface area (Å²) < 4.78 is 6.25. The van der Waals surface area contributed by atoms with E-state index in [1.165, 1.54) is 0 Å². The predicted octanol–water partition coefficient (Wildman–Crippen LogP) is 3.23. The van der Waals surface area contributed by atoms with Gasteiger partial charge in [0.1, 0.15) is 11.6 Å². The number of ether oxygens (including phenoxy) is 1. The number of benzene rings is 1. The molecule has 0 aromatic heterocycles. The van der Waals surface area contributed by atoms with Crippen LogP contribution < -0.4 is 10.1 Å². The van der Waals surface area contributed by atoms with E-state index in [4.69, 9.17) is 28.6 Å². The molecule has 1 aromatic rings. The zero-order chi connectivity index (χ0) is 9.42. The highest BCUT2D eigenvalue weighted by Gasteiger charge is 2.16. The minimum atomic E-state index is 0.419. The Hall–Kier alpha value is -0.320. The van der Waals surface area contributed by atoms with Gasteiger partial charge in [-0.1, -0.05) is 23.8 Å². The summed E-state index contributed by atoms with van der Waals surface area (Å²) >= 11 is 14.2. The molecule has 0 radical (unpaired) electrons. The second kappa shape index (κ2) is 3.44. The third-order valence-electron chi connectivity index (χ3n) is 1.63. The van der Waals surface area contributed by atoms with E-state index in [0.29, 0.717) is 16.6 Å². The van der Waals surface area contributed by atoms with Crippen molar-refractivity contribution in [1.29, 1.82) is 0 Å². The fourth-order valence-electron chi connectivity index (χ4n) is 1.12. The Morgan fingerprint density at radius 1 is 1.54 bits per heavy atom. The van der Waals surface area contributed by atoms with Gasteiger partial charge in [0.05, 0.1) is 10.2 Å². The van der Waals surface area contributed by atoms with Crippen LogP contribution in [0.3, 0.4) is 0 Å². The van der Waals surface area contributed by atoms with Crippen molar-refractivity contribution in [2.24, 2.45) is 0 Å². The molecule has 1 N–H and O–H groups in total. The molecule has 2 nitrogen and oxygen atoms in total. The van der Waals surface area contributed by atoms with Crippen molar-refractivity contribution in [2.45, 2.75) is 0 Å². The Morgan fingerprint density at radius 2 is 2.31 bits per heavy atom. The zero-order valence-electron chi connectivity index (χ0n) is 6.43. The van der Waals surface area contributed by atoms with Crippen molar-refractivity contribution in [3.63, 3.8) is 0 Å². The van der Waals surface area contributed by atoms with Gasteiger partial charge in [-0.15, -0.1) is 0 Å². The topological polar surface area (TPSA) is 21.3 Å². The van der Waals surface area contributed by atoms with Gasteiger partial charge < -0.3 is 10.1 Å². The minimum Gasteiger partial charge on any atom is -0.483 e. The van der Waals surface area contributed by atoms with Crippen molar-refractivity contribution in [1.82, 2.24) is 0 Å². The summed E-state index contributed by atoms with van der Waals surface area (Å²) in [5.41, 5.74) is 0.815. The van der Waals surface area contributed by atoms with Gasteiger partial charge in [0.2, 0.25) is 0 Å². The lowest BCUT2D eigenvalue weighted by atomic mass is 10.2. The van der Waals surface area contributed by atoms with Gasteiger partial charge in [-0.25, -0.2) is 0 Å². The van der Waals surface area contributed by atoms with Gasteiger partial charge in [-0.3, -0.25) is 0 Å². The molecular weight excluding hydrogens is 274 g/mol. The van der Waals surface area contributed by atoms with E-state index in [-0.39, 0.29) is 0 Å². The van der Waals surface area contributed by atoms with E-state index in [1.54, 1.807) is 12.1 Å². The molecule has 1 aliphatic rings. The average molecular weight is 279 g/mol.